The number of carbonyl (C=O) groups excluding carboxylic acids is 1. The van der Waals surface area contributed by atoms with E-state index in [0.717, 1.165) is 23.8 Å². The Bertz CT molecular complexity index is 769. The van der Waals surface area contributed by atoms with Crippen molar-refractivity contribution >= 4 is 11.6 Å². The highest BCUT2D eigenvalue weighted by Gasteiger charge is 2.26. The lowest BCUT2D eigenvalue weighted by molar-refractivity contribution is -0.118. The number of hydrogen-bond acceptors (Lipinski definition) is 3. The third kappa shape index (κ3) is 4.37. The van der Waals surface area contributed by atoms with E-state index in [1.807, 2.05) is 4.90 Å². The molecule has 7 heteroatoms. The Labute approximate surface area is 143 Å². The number of piperazine rings is 1. The molecular formula is C18H18F3N3O. The molecule has 2 N–H and O–H groups in total. The second-order valence-electron chi connectivity index (χ2n) is 5.92. The van der Waals surface area contributed by atoms with E-state index < -0.39 is 17.5 Å². The summed E-state index contributed by atoms with van der Waals surface area (Å²) in [6, 6.07) is 8.95. The van der Waals surface area contributed by atoms with Crippen LogP contribution in [0.4, 0.5) is 18.9 Å². The molecule has 0 aromatic heterocycles. The van der Waals surface area contributed by atoms with Gasteiger partial charge in [0.15, 0.2) is 0 Å². The zero-order valence-electron chi connectivity index (χ0n) is 13.4. The maximum absolute atomic E-state index is 13.6. The van der Waals surface area contributed by atoms with Crippen LogP contribution in [0.15, 0.2) is 42.5 Å². The molecule has 1 amide bonds. The van der Waals surface area contributed by atoms with Gasteiger partial charge in [0.25, 0.3) is 0 Å². The van der Waals surface area contributed by atoms with Gasteiger partial charge in [-0.25, -0.2) is 13.2 Å². The highest BCUT2D eigenvalue weighted by Crippen LogP contribution is 2.23. The molecule has 0 radical (unpaired) electrons. The normalized spacial score (nSPS) is 18.1. The van der Waals surface area contributed by atoms with E-state index in [1.165, 1.54) is 12.1 Å². The second-order valence-corrected chi connectivity index (χ2v) is 5.92. The second kappa shape index (κ2) is 7.67. The summed E-state index contributed by atoms with van der Waals surface area (Å²) in [5.41, 5.74) is 0.569. The van der Waals surface area contributed by atoms with E-state index in [2.05, 4.69) is 10.6 Å². The van der Waals surface area contributed by atoms with E-state index >= 15 is 0 Å². The van der Waals surface area contributed by atoms with Crippen molar-refractivity contribution in [2.75, 3.05) is 31.5 Å². The highest BCUT2D eigenvalue weighted by molar-refractivity contribution is 5.92. The van der Waals surface area contributed by atoms with E-state index in [1.54, 1.807) is 12.1 Å². The first kappa shape index (κ1) is 17.4. The van der Waals surface area contributed by atoms with Crippen LogP contribution in [-0.4, -0.2) is 37.0 Å². The fourth-order valence-electron chi connectivity index (χ4n) is 2.95. The minimum Gasteiger partial charge on any atom is -0.322 e. The standard InChI is InChI=1S/C18H18F3N3O/c19-13-3-1-2-12(8-13)17-10-22-6-7-24(17)11-18(25)23-16-9-14(20)4-5-15(16)21/h1-5,8-9,17,22H,6-7,10-11H2,(H,23,25). The number of anilines is 1. The Morgan fingerprint density at radius 2 is 1.96 bits per heavy atom. The van der Waals surface area contributed by atoms with Crippen molar-refractivity contribution in [3.8, 4) is 0 Å². The number of nitrogens with one attached hydrogen (secondary N) is 2. The minimum absolute atomic E-state index is 0.00118. The molecule has 1 aliphatic rings. The summed E-state index contributed by atoms with van der Waals surface area (Å²) < 4.78 is 40.3. The van der Waals surface area contributed by atoms with Crippen molar-refractivity contribution in [3.05, 3.63) is 65.5 Å². The zero-order chi connectivity index (χ0) is 17.8. The molecular weight excluding hydrogens is 331 g/mol. The van der Waals surface area contributed by atoms with Crippen LogP contribution in [-0.2, 0) is 4.79 Å². The van der Waals surface area contributed by atoms with Gasteiger partial charge in [0.05, 0.1) is 12.2 Å². The molecule has 4 nitrogen and oxygen atoms in total. The van der Waals surface area contributed by atoms with Crippen LogP contribution in [0.1, 0.15) is 11.6 Å². The molecule has 2 aromatic carbocycles. The molecule has 0 bridgehead atoms. The molecule has 1 fully saturated rings. The molecule has 1 heterocycles. The number of carbonyl (C=O) groups is 1. The van der Waals surface area contributed by atoms with Gasteiger partial charge >= 0.3 is 0 Å². The summed E-state index contributed by atoms with van der Waals surface area (Å²) in [6.07, 6.45) is 0. The third-order valence-electron chi connectivity index (χ3n) is 4.14. The lowest BCUT2D eigenvalue weighted by atomic mass is 10.0. The van der Waals surface area contributed by atoms with Gasteiger partial charge in [-0.3, -0.25) is 9.69 Å². The molecule has 0 aliphatic carbocycles. The fourth-order valence-corrected chi connectivity index (χ4v) is 2.95. The van der Waals surface area contributed by atoms with Crippen molar-refractivity contribution in [3.63, 3.8) is 0 Å². The zero-order valence-corrected chi connectivity index (χ0v) is 13.4. The average Bonchev–Trinajstić information content (AvgIpc) is 2.58. The molecule has 3 rings (SSSR count). The maximum Gasteiger partial charge on any atom is 0.238 e. The lowest BCUT2D eigenvalue weighted by Crippen LogP contribution is -2.48. The van der Waals surface area contributed by atoms with Crippen molar-refractivity contribution < 1.29 is 18.0 Å². The number of rotatable bonds is 4. The molecule has 2 aromatic rings. The van der Waals surface area contributed by atoms with E-state index in [9.17, 15) is 18.0 Å². The van der Waals surface area contributed by atoms with Gasteiger partial charge in [0.2, 0.25) is 5.91 Å². The van der Waals surface area contributed by atoms with Crippen molar-refractivity contribution in [2.24, 2.45) is 0 Å². The van der Waals surface area contributed by atoms with Crippen LogP contribution in [0.3, 0.4) is 0 Å². The van der Waals surface area contributed by atoms with Crippen molar-refractivity contribution in [1.82, 2.24) is 10.2 Å². The predicted octanol–water partition coefficient (Wildman–Crippen LogP) is 2.69. The smallest absolute Gasteiger partial charge is 0.238 e. The van der Waals surface area contributed by atoms with Gasteiger partial charge in [0.1, 0.15) is 17.5 Å². The van der Waals surface area contributed by atoms with Gasteiger partial charge in [-0.1, -0.05) is 12.1 Å². The topological polar surface area (TPSA) is 44.4 Å². The summed E-state index contributed by atoms with van der Waals surface area (Å²) >= 11 is 0. The van der Waals surface area contributed by atoms with Crippen LogP contribution in [0.25, 0.3) is 0 Å². The van der Waals surface area contributed by atoms with Crippen molar-refractivity contribution in [2.45, 2.75) is 6.04 Å². The maximum atomic E-state index is 13.6. The molecule has 1 unspecified atom stereocenters. The SMILES string of the molecule is O=C(CN1CCNCC1c1cccc(F)c1)Nc1cc(F)ccc1F. The van der Waals surface area contributed by atoms with Crippen LogP contribution < -0.4 is 10.6 Å². The van der Waals surface area contributed by atoms with Crippen molar-refractivity contribution in [1.29, 1.82) is 0 Å². The first-order valence-electron chi connectivity index (χ1n) is 7.98. The number of benzene rings is 2. The quantitative estimate of drug-likeness (QED) is 0.892. The summed E-state index contributed by atoms with van der Waals surface area (Å²) in [6.45, 7) is 1.84. The van der Waals surface area contributed by atoms with E-state index in [-0.39, 0.29) is 24.1 Å². The van der Waals surface area contributed by atoms with Gasteiger partial charge in [-0.15, -0.1) is 0 Å². The Morgan fingerprint density at radius 3 is 2.76 bits per heavy atom. The largest absolute Gasteiger partial charge is 0.322 e. The molecule has 0 spiro atoms. The van der Waals surface area contributed by atoms with Gasteiger partial charge in [0, 0.05) is 31.7 Å². The van der Waals surface area contributed by atoms with Crippen LogP contribution >= 0.6 is 0 Å². The first-order chi connectivity index (χ1) is 12.0. The molecule has 132 valence electrons. The van der Waals surface area contributed by atoms with E-state index in [4.69, 9.17) is 0 Å². The minimum atomic E-state index is -0.697. The van der Waals surface area contributed by atoms with Gasteiger partial charge < -0.3 is 10.6 Å². The molecule has 1 saturated heterocycles. The summed E-state index contributed by atoms with van der Waals surface area (Å²) in [4.78, 5) is 14.1. The molecule has 1 aliphatic heterocycles. The fraction of sp³-hybridized carbons (Fsp3) is 0.278. The molecule has 25 heavy (non-hydrogen) atoms. The molecule has 1 atom stereocenters. The Morgan fingerprint density at radius 1 is 1.16 bits per heavy atom. The van der Waals surface area contributed by atoms with Gasteiger partial charge in [-0.2, -0.15) is 0 Å². The third-order valence-corrected chi connectivity index (χ3v) is 4.14. The Balaban J connectivity index is 1.71. The summed E-state index contributed by atoms with van der Waals surface area (Å²) in [5.74, 6) is -2.12. The van der Waals surface area contributed by atoms with E-state index in [0.29, 0.717) is 19.6 Å². The number of hydrogen-bond donors (Lipinski definition) is 2. The van der Waals surface area contributed by atoms with Gasteiger partial charge in [-0.05, 0) is 29.8 Å². The van der Waals surface area contributed by atoms with Crippen LogP contribution in [0.2, 0.25) is 0 Å². The Kier molecular flexibility index (Phi) is 5.35. The lowest BCUT2D eigenvalue weighted by Gasteiger charge is -2.36. The number of amides is 1. The Hall–Kier alpha value is -2.38. The highest BCUT2D eigenvalue weighted by atomic mass is 19.1. The summed E-state index contributed by atoms with van der Waals surface area (Å²) in [7, 11) is 0. The number of nitrogens with zero attached hydrogens (tertiary/aromatic N) is 1. The predicted molar refractivity (Wildman–Crippen MR) is 88.6 cm³/mol. The first-order valence-corrected chi connectivity index (χ1v) is 7.98. The van der Waals surface area contributed by atoms with Crippen LogP contribution in [0.5, 0.6) is 0 Å². The summed E-state index contributed by atoms with van der Waals surface area (Å²) in [5, 5.41) is 5.61. The average molecular weight is 349 g/mol. The monoisotopic (exact) mass is 349 g/mol. The molecule has 0 saturated carbocycles. The number of halogens is 3. The van der Waals surface area contributed by atoms with Crippen LogP contribution in [0, 0.1) is 17.5 Å².